The molecule has 1 aromatic rings. The van der Waals surface area contributed by atoms with Gasteiger partial charge in [0.1, 0.15) is 5.75 Å². The number of rotatable bonds is 4. The van der Waals surface area contributed by atoms with E-state index in [2.05, 4.69) is 10.1 Å². The Kier molecular flexibility index (Phi) is 5.38. The van der Waals surface area contributed by atoms with E-state index >= 15 is 0 Å². The molecule has 1 atom stereocenters. The molecule has 142 valence electrons. The molecule has 1 unspecified atom stereocenters. The van der Waals surface area contributed by atoms with Crippen LogP contribution in [0, 0.1) is 5.92 Å². The Labute approximate surface area is 149 Å². The summed E-state index contributed by atoms with van der Waals surface area (Å²) in [5, 5.41) is 2.84. The summed E-state index contributed by atoms with van der Waals surface area (Å²) in [6.07, 6.45) is -0.00324. The summed E-state index contributed by atoms with van der Waals surface area (Å²) < 4.78 is 40.2. The zero-order valence-corrected chi connectivity index (χ0v) is 14.2. The van der Waals surface area contributed by atoms with Crippen LogP contribution >= 0.6 is 0 Å². The number of nitrogens with one attached hydrogen (secondary N) is 1. The Balaban J connectivity index is 1.51. The monoisotopic (exact) mass is 370 g/mol. The molecule has 0 radical (unpaired) electrons. The van der Waals surface area contributed by atoms with E-state index in [4.69, 9.17) is 0 Å². The van der Waals surface area contributed by atoms with Crippen LogP contribution in [0.15, 0.2) is 24.3 Å². The van der Waals surface area contributed by atoms with Gasteiger partial charge in [0, 0.05) is 30.6 Å². The van der Waals surface area contributed by atoms with Gasteiger partial charge in [-0.1, -0.05) is 12.8 Å². The van der Waals surface area contributed by atoms with Crippen molar-refractivity contribution in [2.45, 2.75) is 44.5 Å². The molecule has 1 N–H and O–H groups in total. The molecule has 0 aromatic heterocycles. The first kappa shape index (κ1) is 18.5. The van der Waals surface area contributed by atoms with Gasteiger partial charge in [-0.3, -0.25) is 9.59 Å². The second kappa shape index (κ2) is 7.55. The van der Waals surface area contributed by atoms with Crippen molar-refractivity contribution in [3.63, 3.8) is 0 Å². The molecule has 1 heterocycles. The van der Waals surface area contributed by atoms with E-state index in [1.54, 1.807) is 4.90 Å². The molecule has 3 rings (SSSR count). The van der Waals surface area contributed by atoms with Gasteiger partial charge in [0.05, 0.1) is 0 Å². The number of hydrogen-bond acceptors (Lipinski definition) is 3. The highest BCUT2D eigenvalue weighted by Gasteiger charge is 2.33. The molecular weight excluding hydrogens is 349 g/mol. The first-order chi connectivity index (χ1) is 12.3. The van der Waals surface area contributed by atoms with Crippen LogP contribution in [0.5, 0.6) is 5.75 Å². The number of carbonyl (C=O) groups excluding carboxylic acids is 2. The van der Waals surface area contributed by atoms with Gasteiger partial charge in [0.15, 0.2) is 0 Å². The zero-order chi connectivity index (χ0) is 18.7. The molecule has 2 fully saturated rings. The summed E-state index contributed by atoms with van der Waals surface area (Å²) in [7, 11) is 0. The molecule has 1 saturated carbocycles. The van der Waals surface area contributed by atoms with Crippen LogP contribution in [-0.4, -0.2) is 42.2 Å². The molecule has 0 bridgehead atoms. The van der Waals surface area contributed by atoms with E-state index in [-0.39, 0.29) is 35.1 Å². The van der Waals surface area contributed by atoms with Crippen molar-refractivity contribution in [1.82, 2.24) is 10.2 Å². The molecule has 1 aliphatic heterocycles. The lowest BCUT2D eigenvalue weighted by Crippen LogP contribution is -2.39. The largest absolute Gasteiger partial charge is 0.573 e. The third kappa shape index (κ3) is 4.68. The fraction of sp³-hybridized carbons (Fsp3) is 0.556. The summed E-state index contributed by atoms with van der Waals surface area (Å²) in [4.78, 5) is 26.5. The van der Waals surface area contributed by atoms with Crippen LogP contribution in [-0.2, 0) is 4.79 Å². The van der Waals surface area contributed by atoms with Crippen LogP contribution in [0.25, 0.3) is 0 Å². The predicted octanol–water partition coefficient (Wildman–Crippen LogP) is 3.11. The van der Waals surface area contributed by atoms with Crippen molar-refractivity contribution < 1.29 is 27.5 Å². The van der Waals surface area contributed by atoms with Crippen molar-refractivity contribution in [2.75, 3.05) is 13.1 Å². The number of nitrogens with zero attached hydrogens (tertiary/aromatic N) is 1. The van der Waals surface area contributed by atoms with Gasteiger partial charge in [0.2, 0.25) is 5.91 Å². The van der Waals surface area contributed by atoms with Crippen LogP contribution in [0.4, 0.5) is 13.2 Å². The van der Waals surface area contributed by atoms with Crippen LogP contribution < -0.4 is 10.1 Å². The van der Waals surface area contributed by atoms with E-state index in [9.17, 15) is 22.8 Å². The van der Waals surface area contributed by atoms with Crippen molar-refractivity contribution in [3.05, 3.63) is 29.8 Å². The van der Waals surface area contributed by atoms with Gasteiger partial charge in [-0.15, -0.1) is 13.2 Å². The average molecular weight is 370 g/mol. The summed E-state index contributed by atoms with van der Waals surface area (Å²) in [6.45, 7) is 1.11. The third-order valence-corrected chi connectivity index (χ3v) is 4.89. The highest BCUT2D eigenvalue weighted by Crippen LogP contribution is 2.28. The number of carbonyl (C=O) groups is 2. The highest BCUT2D eigenvalue weighted by molar-refractivity contribution is 5.94. The number of benzene rings is 1. The molecule has 8 heteroatoms. The standard InChI is InChI=1S/C18H21F3N2O3/c19-18(20,21)26-15-7-5-12(6-8-15)16(24)22-14-9-10-23(11-14)17(25)13-3-1-2-4-13/h5-8,13-14H,1-4,9-11H2,(H,22,24). The van der Waals surface area contributed by atoms with Crippen LogP contribution in [0.1, 0.15) is 42.5 Å². The fourth-order valence-corrected chi connectivity index (χ4v) is 3.59. The molecule has 26 heavy (non-hydrogen) atoms. The van der Waals surface area contributed by atoms with E-state index in [0.29, 0.717) is 19.5 Å². The Morgan fingerprint density at radius 1 is 1.08 bits per heavy atom. The molecule has 5 nitrogen and oxygen atoms in total. The van der Waals surface area contributed by atoms with E-state index in [0.717, 1.165) is 37.8 Å². The minimum absolute atomic E-state index is 0.116. The lowest BCUT2D eigenvalue weighted by Gasteiger charge is -2.20. The van der Waals surface area contributed by atoms with Gasteiger partial charge < -0.3 is 15.0 Å². The van der Waals surface area contributed by atoms with Gasteiger partial charge in [0.25, 0.3) is 5.91 Å². The fourth-order valence-electron chi connectivity index (χ4n) is 3.59. The SMILES string of the molecule is O=C(NC1CCN(C(=O)C2CCCC2)C1)c1ccc(OC(F)(F)F)cc1. The summed E-state index contributed by atoms with van der Waals surface area (Å²) in [5.41, 5.74) is 0.250. The number of ether oxygens (including phenoxy) is 1. The number of alkyl halides is 3. The van der Waals surface area contributed by atoms with Crippen molar-refractivity contribution in [3.8, 4) is 5.75 Å². The molecule has 0 spiro atoms. The minimum atomic E-state index is -4.76. The van der Waals surface area contributed by atoms with Gasteiger partial charge in [-0.25, -0.2) is 0 Å². The Bertz CT molecular complexity index is 655. The highest BCUT2D eigenvalue weighted by atomic mass is 19.4. The average Bonchev–Trinajstić information content (AvgIpc) is 3.25. The maximum atomic E-state index is 12.4. The summed E-state index contributed by atoms with van der Waals surface area (Å²) in [6, 6.07) is 4.64. The number of hydrogen-bond donors (Lipinski definition) is 1. The smallest absolute Gasteiger partial charge is 0.406 e. The molecule has 2 amide bonds. The van der Waals surface area contributed by atoms with Crippen molar-refractivity contribution in [1.29, 1.82) is 0 Å². The summed E-state index contributed by atoms with van der Waals surface area (Å²) in [5.74, 6) is -0.453. The molecular formula is C18H21F3N2O3. The maximum absolute atomic E-state index is 12.4. The molecule has 2 aliphatic rings. The number of amides is 2. The molecule has 1 aromatic carbocycles. The predicted molar refractivity (Wildman–Crippen MR) is 87.5 cm³/mol. The second-order valence-corrected chi connectivity index (χ2v) is 6.80. The first-order valence-corrected chi connectivity index (χ1v) is 8.77. The first-order valence-electron chi connectivity index (χ1n) is 8.77. The normalized spacial score (nSPS) is 21.0. The molecule has 1 saturated heterocycles. The summed E-state index contributed by atoms with van der Waals surface area (Å²) >= 11 is 0. The quantitative estimate of drug-likeness (QED) is 0.886. The van der Waals surface area contributed by atoms with Crippen molar-refractivity contribution >= 4 is 11.8 Å². The van der Waals surface area contributed by atoms with E-state index in [1.807, 2.05) is 0 Å². The van der Waals surface area contributed by atoms with Crippen LogP contribution in [0.2, 0.25) is 0 Å². The van der Waals surface area contributed by atoms with E-state index < -0.39 is 6.36 Å². The topological polar surface area (TPSA) is 58.6 Å². The number of likely N-dealkylation sites (tertiary alicyclic amines) is 1. The number of halogens is 3. The van der Waals surface area contributed by atoms with Gasteiger partial charge in [-0.05, 0) is 43.5 Å². The zero-order valence-electron chi connectivity index (χ0n) is 14.2. The lowest BCUT2D eigenvalue weighted by atomic mass is 10.1. The maximum Gasteiger partial charge on any atom is 0.573 e. The lowest BCUT2D eigenvalue weighted by molar-refractivity contribution is -0.274. The Morgan fingerprint density at radius 2 is 1.73 bits per heavy atom. The molecule has 1 aliphatic carbocycles. The third-order valence-electron chi connectivity index (χ3n) is 4.89. The van der Waals surface area contributed by atoms with Gasteiger partial charge in [-0.2, -0.15) is 0 Å². The second-order valence-electron chi connectivity index (χ2n) is 6.80. The Hall–Kier alpha value is -2.25. The van der Waals surface area contributed by atoms with E-state index in [1.165, 1.54) is 12.1 Å². The van der Waals surface area contributed by atoms with Crippen molar-refractivity contribution in [2.24, 2.45) is 5.92 Å². The Morgan fingerprint density at radius 3 is 2.35 bits per heavy atom. The van der Waals surface area contributed by atoms with Gasteiger partial charge >= 0.3 is 6.36 Å². The minimum Gasteiger partial charge on any atom is -0.406 e. The van der Waals surface area contributed by atoms with Crippen LogP contribution in [0.3, 0.4) is 0 Å².